The van der Waals surface area contributed by atoms with E-state index in [0.29, 0.717) is 11.0 Å². The van der Waals surface area contributed by atoms with Gasteiger partial charge < -0.3 is 15.5 Å². The standard InChI is InChI=1S/C20H26ClN5O/c1-4-5-16-11-19(26-9-8-17(12-26)22-14(3)27)25-20(23-16)24-18-10-15(21)7-6-13(18)2/h6-7,10-11,17H,4-5,8-9,12H2,1-3H3,(H,22,27)(H,23,24,25). The number of amides is 1. The van der Waals surface area contributed by atoms with Crippen LogP contribution in [-0.4, -0.2) is 35.0 Å². The van der Waals surface area contributed by atoms with Crippen molar-refractivity contribution in [3.8, 4) is 0 Å². The van der Waals surface area contributed by atoms with E-state index in [4.69, 9.17) is 16.6 Å². The monoisotopic (exact) mass is 387 g/mol. The van der Waals surface area contributed by atoms with Gasteiger partial charge in [-0.2, -0.15) is 4.98 Å². The van der Waals surface area contributed by atoms with Crippen LogP contribution in [0.15, 0.2) is 24.3 Å². The van der Waals surface area contributed by atoms with Gasteiger partial charge in [0.25, 0.3) is 0 Å². The molecule has 0 bridgehead atoms. The van der Waals surface area contributed by atoms with Crippen LogP contribution in [0.5, 0.6) is 0 Å². The van der Waals surface area contributed by atoms with Gasteiger partial charge in [-0.15, -0.1) is 0 Å². The number of carbonyl (C=O) groups is 1. The van der Waals surface area contributed by atoms with Gasteiger partial charge in [0, 0.05) is 48.5 Å². The predicted molar refractivity (Wildman–Crippen MR) is 110 cm³/mol. The molecule has 1 saturated heterocycles. The number of carbonyl (C=O) groups excluding carboxylic acids is 1. The number of anilines is 3. The first-order valence-corrected chi connectivity index (χ1v) is 9.75. The summed E-state index contributed by atoms with van der Waals surface area (Å²) in [5, 5.41) is 6.98. The Labute approximate surface area is 165 Å². The van der Waals surface area contributed by atoms with Crippen LogP contribution >= 0.6 is 11.6 Å². The number of benzene rings is 1. The largest absolute Gasteiger partial charge is 0.354 e. The number of aromatic nitrogens is 2. The highest BCUT2D eigenvalue weighted by Gasteiger charge is 2.24. The third kappa shape index (κ3) is 5.10. The third-order valence-electron chi connectivity index (χ3n) is 4.64. The first-order valence-electron chi connectivity index (χ1n) is 9.37. The number of aryl methyl sites for hydroxylation is 2. The summed E-state index contributed by atoms with van der Waals surface area (Å²) >= 11 is 6.13. The summed E-state index contributed by atoms with van der Waals surface area (Å²) in [7, 11) is 0. The molecule has 0 saturated carbocycles. The summed E-state index contributed by atoms with van der Waals surface area (Å²) in [6.45, 7) is 7.34. The molecule has 1 aliphatic heterocycles. The summed E-state index contributed by atoms with van der Waals surface area (Å²) in [5.41, 5.74) is 2.99. The molecule has 2 N–H and O–H groups in total. The number of nitrogens with zero attached hydrogens (tertiary/aromatic N) is 3. The predicted octanol–water partition coefficient (Wildman–Crippen LogP) is 3.85. The van der Waals surface area contributed by atoms with Crippen LogP contribution < -0.4 is 15.5 Å². The second-order valence-electron chi connectivity index (χ2n) is 7.01. The minimum absolute atomic E-state index is 0.00926. The highest BCUT2D eigenvalue weighted by atomic mass is 35.5. The van der Waals surface area contributed by atoms with Gasteiger partial charge in [0.15, 0.2) is 0 Å². The molecular weight excluding hydrogens is 362 g/mol. The molecule has 0 spiro atoms. The Morgan fingerprint density at radius 3 is 2.89 bits per heavy atom. The topological polar surface area (TPSA) is 70.2 Å². The normalized spacial score (nSPS) is 16.4. The molecule has 2 heterocycles. The molecule has 1 aromatic heterocycles. The molecule has 144 valence electrons. The van der Waals surface area contributed by atoms with E-state index >= 15 is 0 Å². The van der Waals surface area contributed by atoms with Gasteiger partial charge in [0.1, 0.15) is 5.82 Å². The molecular formula is C20H26ClN5O. The average molecular weight is 388 g/mol. The molecule has 1 atom stereocenters. The molecule has 7 heteroatoms. The Bertz CT molecular complexity index is 826. The Hall–Kier alpha value is -2.34. The van der Waals surface area contributed by atoms with Gasteiger partial charge in [-0.3, -0.25) is 4.79 Å². The number of nitrogens with one attached hydrogen (secondary N) is 2. The summed E-state index contributed by atoms with van der Waals surface area (Å²) < 4.78 is 0. The minimum atomic E-state index is 0.00926. The average Bonchev–Trinajstić information content (AvgIpc) is 3.06. The van der Waals surface area contributed by atoms with Crippen LogP contribution in [0.4, 0.5) is 17.5 Å². The third-order valence-corrected chi connectivity index (χ3v) is 4.87. The Morgan fingerprint density at radius 1 is 1.33 bits per heavy atom. The van der Waals surface area contributed by atoms with E-state index in [2.05, 4.69) is 33.5 Å². The van der Waals surface area contributed by atoms with Crippen molar-refractivity contribution in [3.63, 3.8) is 0 Å². The summed E-state index contributed by atoms with van der Waals surface area (Å²) in [5.74, 6) is 1.47. The molecule has 6 nitrogen and oxygen atoms in total. The summed E-state index contributed by atoms with van der Waals surface area (Å²) in [4.78, 5) is 22.9. The van der Waals surface area contributed by atoms with Crippen LogP contribution in [0.2, 0.25) is 5.02 Å². The molecule has 1 aliphatic rings. The maximum atomic E-state index is 11.3. The quantitative estimate of drug-likeness (QED) is 0.787. The van der Waals surface area contributed by atoms with Crippen molar-refractivity contribution in [1.29, 1.82) is 0 Å². The van der Waals surface area contributed by atoms with E-state index in [-0.39, 0.29) is 11.9 Å². The van der Waals surface area contributed by atoms with Crippen molar-refractivity contribution in [3.05, 3.63) is 40.5 Å². The maximum Gasteiger partial charge on any atom is 0.229 e. The number of hydrogen-bond donors (Lipinski definition) is 2. The van der Waals surface area contributed by atoms with E-state index < -0.39 is 0 Å². The molecule has 0 aliphatic carbocycles. The van der Waals surface area contributed by atoms with Crippen LogP contribution in [-0.2, 0) is 11.2 Å². The molecule has 1 aromatic carbocycles. The van der Waals surface area contributed by atoms with Gasteiger partial charge in [-0.05, 0) is 37.5 Å². The second kappa shape index (κ2) is 8.57. The van der Waals surface area contributed by atoms with Crippen LogP contribution in [0.1, 0.15) is 37.9 Å². The lowest BCUT2D eigenvalue weighted by atomic mass is 10.2. The number of rotatable bonds is 6. The molecule has 27 heavy (non-hydrogen) atoms. The lowest BCUT2D eigenvalue weighted by Crippen LogP contribution is -2.35. The van der Waals surface area contributed by atoms with Crippen molar-refractivity contribution in [2.75, 3.05) is 23.3 Å². The van der Waals surface area contributed by atoms with Crippen LogP contribution in [0.3, 0.4) is 0 Å². The van der Waals surface area contributed by atoms with Crippen LogP contribution in [0, 0.1) is 6.92 Å². The Balaban J connectivity index is 1.84. The summed E-state index contributed by atoms with van der Waals surface area (Å²) in [6, 6.07) is 7.94. The van der Waals surface area contributed by atoms with Gasteiger partial charge in [0.2, 0.25) is 11.9 Å². The fourth-order valence-corrected chi connectivity index (χ4v) is 3.48. The van der Waals surface area contributed by atoms with Crippen molar-refractivity contribution in [1.82, 2.24) is 15.3 Å². The minimum Gasteiger partial charge on any atom is -0.354 e. The molecule has 0 radical (unpaired) electrons. The molecule has 1 amide bonds. The maximum absolute atomic E-state index is 11.3. The highest BCUT2D eigenvalue weighted by molar-refractivity contribution is 6.30. The fourth-order valence-electron chi connectivity index (χ4n) is 3.31. The van der Waals surface area contributed by atoms with Crippen molar-refractivity contribution < 1.29 is 4.79 Å². The molecule has 3 rings (SSSR count). The number of halogens is 1. The SMILES string of the molecule is CCCc1cc(N2CCC(NC(C)=O)C2)nc(Nc2cc(Cl)ccc2C)n1. The first kappa shape index (κ1) is 19.4. The fraction of sp³-hybridized carbons (Fsp3) is 0.450. The van der Waals surface area contributed by atoms with E-state index in [0.717, 1.165) is 55.1 Å². The lowest BCUT2D eigenvalue weighted by molar-refractivity contribution is -0.119. The summed E-state index contributed by atoms with van der Waals surface area (Å²) in [6.07, 6.45) is 2.82. The van der Waals surface area contributed by atoms with E-state index in [1.165, 1.54) is 0 Å². The van der Waals surface area contributed by atoms with E-state index in [1.54, 1.807) is 6.92 Å². The lowest BCUT2D eigenvalue weighted by Gasteiger charge is -2.20. The van der Waals surface area contributed by atoms with Gasteiger partial charge in [-0.25, -0.2) is 4.98 Å². The zero-order valence-corrected chi connectivity index (χ0v) is 16.8. The van der Waals surface area contributed by atoms with Crippen molar-refractivity contribution in [2.24, 2.45) is 0 Å². The first-order chi connectivity index (χ1) is 12.9. The molecule has 1 fully saturated rings. The zero-order valence-electron chi connectivity index (χ0n) is 16.1. The van der Waals surface area contributed by atoms with Gasteiger partial charge in [-0.1, -0.05) is 31.0 Å². The van der Waals surface area contributed by atoms with E-state index in [1.807, 2.05) is 25.1 Å². The van der Waals surface area contributed by atoms with Crippen LogP contribution in [0.25, 0.3) is 0 Å². The molecule has 2 aromatic rings. The molecule has 1 unspecified atom stereocenters. The van der Waals surface area contributed by atoms with Gasteiger partial charge >= 0.3 is 0 Å². The zero-order chi connectivity index (χ0) is 19.4. The van der Waals surface area contributed by atoms with E-state index in [9.17, 15) is 4.79 Å². The Kier molecular flexibility index (Phi) is 6.16. The van der Waals surface area contributed by atoms with Crippen molar-refractivity contribution in [2.45, 2.75) is 46.1 Å². The number of hydrogen-bond acceptors (Lipinski definition) is 5. The Morgan fingerprint density at radius 2 is 2.15 bits per heavy atom. The smallest absolute Gasteiger partial charge is 0.229 e. The highest BCUT2D eigenvalue weighted by Crippen LogP contribution is 2.26. The van der Waals surface area contributed by atoms with Crippen molar-refractivity contribution >= 4 is 35.0 Å². The van der Waals surface area contributed by atoms with Gasteiger partial charge in [0.05, 0.1) is 0 Å². The second-order valence-corrected chi connectivity index (χ2v) is 7.44.